The molecule has 242 valence electrons. The number of sulfonamides is 1. The molecule has 0 aromatic heterocycles. The number of nitrogens with zero attached hydrogens (tertiary/aromatic N) is 2. The Morgan fingerprint density at radius 3 is 2.13 bits per heavy atom. The van der Waals surface area contributed by atoms with Crippen molar-refractivity contribution in [3.63, 3.8) is 0 Å². The summed E-state index contributed by atoms with van der Waals surface area (Å²) in [7, 11) is -4.35. The molecule has 2 amide bonds. The molecule has 4 aromatic rings. The first kappa shape index (κ1) is 34.2. The lowest BCUT2D eigenvalue weighted by Crippen LogP contribution is -2.54. The van der Waals surface area contributed by atoms with Gasteiger partial charge in [0.2, 0.25) is 11.8 Å². The summed E-state index contributed by atoms with van der Waals surface area (Å²) in [6, 6.07) is 26.6. The molecule has 0 heterocycles. The van der Waals surface area contributed by atoms with E-state index in [0.717, 1.165) is 45.3 Å². The van der Waals surface area contributed by atoms with Gasteiger partial charge in [0.05, 0.1) is 17.2 Å². The largest absolute Gasteiger partial charge is 0.494 e. The fourth-order valence-electron chi connectivity index (χ4n) is 5.08. The Labute approximate surface area is 270 Å². The van der Waals surface area contributed by atoms with Gasteiger partial charge < -0.3 is 15.0 Å². The van der Waals surface area contributed by atoms with E-state index in [1.807, 2.05) is 82.3 Å². The first-order valence-corrected chi connectivity index (χ1v) is 16.6. The van der Waals surface area contributed by atoms with Gasteiger partial charge in [-0.3, -0.25) is 13.9 Å². The number of ether oxygens (including phenoxy) is 1. The summed E-state index contributed by atoms with van der Waals surface area (Å²) in [6.45, 7) is 7.33. The number of aryl methyl sites for hydroxylation is 1. The molecule has 1 atom stereocenters. The van der Waals surface area contributed by atoms with Gasteiger partial charge in [0, 0.05) is 19.0 Å². The number of halogens is 1. The lowest BCUT2D eigenvalue weighted by atomic mass is 10.0. The molecule has 0 spiro atoms. The van der Waals surface area contributed by atoms with Gasteiger partial charge in [0.25, 0.3) is 10.0 Å². The maximum absolute atomic E-state index is 14.5. The zero-order valence-electron chi connectivity index (χ0n) is 26.5. The average molecular weight is 646 g/mol. The molecular weight excluding hydrogens is 605 g/mol. The fraction of sp³-hybridized carbons (Fsp3) is 0.278. The normalized spacial score (nSPS) is 12.0. The van der Waals surface area contributed by atoms with Gasteiger partial charge in [0.15, 0.2) is 0 Å². The summed E-state index contributed by atoms with van der Waals surface area (Å²) in [5.74, 6) is -0.993. The molecule has 1 N–H and O–H groups in total. The van der Waals surface area contributed by atoms with E-state index in [9.17, 15) is 22.4 Å². The van der Waals surface area contributed by atoms with Crippen LogP contribution in [0, 0.1) is 12.7 Å². The molecule has 10 heteroatoms. The SMILES string of the molecule is CCOc1ccc(N(CC(=O)N(Cc2cccc(C)c2)[C@@H](Cc2ccccc2)C(=O)NC(C)C)S(=O)(=O)c2ccc(F)cc2)cc1. The molecule has 0 saturated heterocycles. The number of anilines is 1. The highest BCUT2D eigenvalue weighted by atomic mass is 32.2. The molecule has 4 aromatic carbocycles. The summed E-state index contributed by atoms with van der Waals surface area (Å²) in [4.78, 5) is 29.5. The van der Waals surface area contributed by atoms with E-state index < -0.39 is 34.3 Å². The van der Waals surface area contributed by atoms with E-state index in [2.05, 4.69) is 5.32 Å². The molecule has 0 radical (unpaired) electrons. The molecule has 0 unspecified atom stereocenters. The van der Waals surface area contributed by atoms with Crippen LogP contribution in [0.1, 0.15) is 37.5 Å². The zero-order valence-corrected chi connectivity index (χ0v) is 27.3. The molecule has 0 aliphatic heterocycles. The maximum Gasteiger partial charge on any atom is 0.264 e. The maximum atomic E-state index is 14.5. The Morgan fingerprint density at radius 2 is 1.52 bits per heavy atom. The van der Waals surface area contributed by atoms with Crippen molar-refractivity contribution in [1.82, 2.24) is 10.2 Å². The number of carbonyl (C=O) groups is 2. The number of hydrogen-bond donors (Lipinski definition) is 1. The molecule has 4 rings (SSSR count). The highest BCUT2D eigenvalue weighted by molar-refractivity contribution is 7.92. The first-order valence-electron chi connectivity index (χ1n) is 15.2. The second-order valence-corrected chi connectivity index (χ2v) is 13.1. The summed E-state index contributed by atoms with van der Waals surface area (Å²) < 4.78 is 48.5. The summed E-state index contributed by atoms with van der Waals surface area (Å²) in [6.07, 6.45) is 0.213. The lowest BCUT2D eigenvalue weighted by Gasteiger charge is -2.34. The predicted molar refractivity (Wildman–Crippen MR) is 177 cm³/mol. The molecule has 0 aliphatic rings. The summed E-state index contributed by atoms with van der Waals surface area (Å²) in [5.41, 5.74) is 2.82. The Kier molecular flexibility index (Phi) is 11.5. The van der Waals surface area contributed by atoms with Crippen molar-refractivity contribution in [3.05, 3.63) is 126 Å². The van der Waals surface area contributed by atoms with Crippen LogP contribution in [0.2, 0.25) is 0 Å². The number of hydrogen-bond acceptors (Lipinski definition) is 5. The number of amides is 2. The second kappa shape index (κ2) is 15.5. The van der Waals surface area contributed by atoms with Gasteiger partial charge in [-0.05, 0) is 87.4 Å². The quantitative estimate of drug-likeness (QED) is 0.185. The molecular formula is C36H40FN3O5S. The Hall–Kier alpha value is -4.70. The van der Waals surface area contributed by atoms with Crippen LogP contribution < -0.4 is 14.4 Å². The molecule has 46 heavy (non-hydrogen) atoms. The number of rotatable bonds is 14. The van der Waals surface area contributed by atoms with Crippen molar-refractivity contribution in [2.24, 2.45) is 0 Å². The predicted octanol–water partition coefficient (Wildman–Crippen LogP) is 5.89. The van der Waals surface area contributed by atoms with Crippen molar-refractivity contribution in [3.8, 4) is 5.75 Å². The van der Waals surface area contributed by atoms with Crippen LogP contribution in [0.4, 0.5) is 10.1 Å². The second-order valence-electron chi connectivity index (χ2n) is 11.3. The van der Waals surface area contributed by atoms with Gasteiger partial charge in [-0.15, -0.1) is 0 Å². The third-order valence-corrected chi connectivity index (χ3v) is 9.04. The molecule has 0 aliphatic carbocycles. The fourth-order valence-corrected chi connectivity index (χ4v) is 6.49. The number of carbonyl (C=O) groups excluding carboxylic acids is 2. The van der Waals surface area contributed by atoms with Crippen molar-refractivity contribution in [2.45, 2.75) is 57.6 Å². The number of benzene rings is 4. The van der Waals surface area contributed by atoms with Crippen LogP contribution in [-0.4, -0.2) is 50.4 Å². The lowest BCUT2D eigenvalue weighted by molar-refractivity contribution is -0.140. The van der Waals surface area contributed by atoms with Crippen LogP contribution >= 0.6 is 0 Å². The van der Waals surface area contributed by atoms with E-state index in [1.54, 1.807) is 24.3 Å². The van der Waals surface area contributed by atoms with Crippen LogP contribution in [0.25, 0.3) is 0 Å². The van der Waals surface area contributed by atoms with Crippen molar-refractivity contribution in [1.29, 1.82) is 0 Å². The zero-order chi connectivity index (χ0) is 33.3. The standard InChI is InChI=1S/C36H40FN3O5S/c1-5-45-32-18-16-31(17-19-32)40(46(43,44)33-20-14-30(37)15-21-33)25-35(41)39(24-29-13-9-10-27(4)22-29)34(36(42)38-26(2)3)23-28-11-7-6-8-12-28/h6-22,26,34H,5,23-25H2,1-4H3,(H,38,42)/t34-/m0/s1. The van der Waals surface area contributed by atoms with E-state index in [-0.39, 0.29) is 35.5 Å². The summed E-state index contributed by atoms with van der Waals surface area (Å²) in [5, 5.41) is 2.95. The van der Waals surface area contributed by atoms with Gasteiger partial charge >= 0.3 is 0 Å². The molecule has 0 bridgehead atoms. The third-order valence-electron chi connectivity index (χ3n) is 7.25. The highest BCUT2D eigenvalue weighted by Crippen LogP contribution is 2.27. The average Bonchev–Trinajstić information content (AvgIpc) is 3.02. The minimum Gasteiger partial charge on any atom is -0.494 e. The van der Waals surface area contributed by atoms with E-state index in [1.165, 1.54) is 4.90 Å². The topological polar surface area (TPSA) is 96.0 Å². The smallest absolute Gasteiger partial charge is 0.264 e. The summed E-state index contributed by atoms with van der Waals surface area (Å²) >= 11 is 0. The Bertz CT molecular complexity index is 1710. The van der Waals surface area contributed by atoms with Crippen molar-refractivity contribution in [2.75, 3.05) is 17.5 Å². The van der Waals surface area contributed by atoms with E-state index in [0.29, 0.717) is 12.4 Å². The van der Waals surface area contributed by atoms with E-state index >= 15 is 0 Å². The first-order chi connectivity index (χ1) is 22.0. The highest BCUT2D eigenvalue weighted by Gasteiger charge is 2.35. The van der Waals surface area contributed by atoms with Gasteiger partial charge in [0.1, 0.15) is 24.2 Å². The van der Waals surface area contributed by atoms with Crippen LogP contribution in [-0.2, 0) is 32.6 Å². The number of nitrogens with one attached hydrogen (secondary N) is 1. The molecule has 8 nitrogen and oxygen atoms in total. The molecule has 0 saturated carbocycles. The van der Waals surface area contributed by atoms with E-state index in [4.69, 9.17) is 4.74 Å². The van der Waals surface area contributed by atoms with Gasteiger partial charge in [-0.1, -0.05) is 60.2 Å². The Balaban J connectivity index is 1.80. The van der Waals surface area contributed by atoms with Gasteiger partial charge in [-0.2, -0.15) is 0 Å². The van der Waals surface area contributed by atoms with Crippen molar-refractivity contribution >= 4 is 27.5 Å². The van der Waals surface area contributed by atoms with Crippen LogP contribution in [0.3, 0.4) is 0 Å². The van der Waals surface area contributed by atoms with Gasteiger partial charge in [-0.25, -0.2) is 12.8 Å². The third kappa shape index (κ3) is 8.94. The monoisotopic (exact) mass is 645 g/mol. The minimum atomic E-state index is -4.35. The van der Waals surface area contributed by atoms with Crippen molar-refractivity contribution < 1.29 is 27.1 Å². The Morgan fingerprint density at radius 1 is 0.870 bits per heavy atom. The molecule has 0 fully saturated rings. The van der Waals surface area contributed by atoms with Crippen LogP contribution in [0.15, 0.2) is 108 Å². The van der Waals surface area contributed by atoms with Crippen LogP contribution in [0.5, 0.6) is 5.75 Å². The minimum absolute atomic E-state index is 0.0667.